The van der Waals surface area contributed by atoms with Crippen LogP contribution in [0.5, 0.6) is 0 Å². The van der Waals surface area contributed by atoms with Gasteiger partial charge in [-0.1, -0.05) is 18.2 Å². The summed E-state index contributed by atoms with van der Waals surface area (Å²) in [5, 5.41) is 0. The van der Waals surface area contributed by atoms with Crippen LogP contribution in [0.3, 0.4) is 0 Å². The summed E-state index contributed by atoms with van der Waals surface area (Å²) in [4.78, 5) is 60.7. The molecule has 2 saturated heterocycles. The van der Waals surface area contributed by atoms with Gasteiger partial charge in [0, 0.05) is 45.0 Å². The first-order valence-electron chi connectivity index (χ1n) is 11.4. The van der Waals surface area contributed by atoms with E-state index in [1.807, 2.05) is 18.2 Å². The lowest BCUT2D eigenvalue weighted by molar-refractivity contribution is -0.151. The predicted molar refractivity (Wildman–Crippen MR) is 120 cm³/mol. The summed E-state index contributed by atoms with van der Waals surface area (Å²) in [5.74, 6) is -1.28. The van der Waals surface area contributed by atoms with Crippen molar-refractivity contribution < 1.29 is 14.4 Å². The Bertz CT molecular complexity index is 1170. The molecule has 3 atom stereocenters. The summed E-state index contributed by atoms with van der Waals surface area (Å²) < 4.78 is 1.51. The van der Waals surface area contributed by atoms with Gasteiger partial charge in [-0.25, -0.2) is 4.98 Å². The SMILES string of the molecule is C[C@H](C(=O)N1CCN(Cc2cc(=O)n3ccccc3n2)CC1)N1C(=O)[C@@H]2CC=CC[C@H]2C1=O. The zero-order chi connectivity index (χ0) is 23.1. The number of aromatic nitrogens is 2. The molecule has 33 heavy (non-hydrogen) atoms. The second-order valence-electron chi connectivity index (χ2n) is 8.99. The minimum absolute atomic E-state index is 0.117. The van der Waals surface area contributed by atoms with Gasteiger partial charge < -0.3 is 4.90 Å². The molecule has 3 amide bonds. The average Bonchev–Trinajstić information content (AvgIpc) is 3.09. The van der Waals surface area contributed by atoms with E-state index in [4.69, 9.17) is 0 Å². The fourth-order valence-corrected chi connectivity index (χ4v) is 5.12. The number of pyridine rings is 1. The lowest BCUT2D eigenvalue weighted by Crippen LogP contribution is -2.55. The van der Waals surface area contributed by atoms with E-state index in [0.717, 1.165) is 0 Å². The summed E-state index contributed by atoms with van der Waals surface area (Å²) >= 11 is 0. The first-order valence-corrected chi connectivity index (χ1v) is 11.4. The quantitative estimate of drug-likeness (QED) is 0.503. The highest BCUT2D eigenvalue weighted by Gasteiger charge is 2.50. The number of fused-ring (bicyclic) bond motifs is 2. The Kier molecular flexibility index (Phi) is 5.57. The molecule has 9 heteroatoms. The fourth-order valence-electron chi connectivity index (χ4n) is 5.12. The first-order chi connectivity index (χ1) is 15.9. The Labute approximate surface area is 191 Å². The van der Waals surface area contributed by atoms with Gasteiger partial charge in [0.15, 0.2) is 0 Å². The van der Waals surface area contributed by atoms with E-state index < -0.39 is 6.04 Å². The molecule has 2 aromatic heterocycles. The number of amides is 3. The lowest BCUT2D eigenvalue weighted by Gasteiger charge is -2.37. The minimum atomic E-state index is -0.788. The van der Waals surface area contributed by atoms with Crippen molar-refractivity contribution in [2.24, 2.45) is 11.8 Å². The molecule has 1 aliphatic carbocycles. The monoisotopic (exact) mass is 449 g/mol. The number of rotatable bonds is 4. The maximum absolute atomic E-state index is 13.1. The molecule has 2 aromatic rings. The molecule has 172 valence electrons. The standard InChI is InChI=1S/C24H27N5O4/c1-16(29-23(32)18-6-2-3-7-19(18)24(29)33)22(31)27-12-10-26(11-13-27)15-17-14-21(30)28-9-5-4-8-20(28)25-17/h2-5,8-9,14,16,18-19H,6-7,10-13,15H2,1H3/t16-,18-,19-/m1/s1. The zero-order valence-electron chi connectivity index (χ0n) is 18.6. The van der Waals surface area contributed by atoms with E-state index in [9.17, 15) is 19.2 Å². The van der Waals surface area contributed by atoms with E-state index in [1.165, 1.54) is 9.30 Å². The van der Waals surface area contributed by atoms with Gasteiger partial charge in [-0.15, -0.1) is 0 Å². The molecular formula is C24H27N5O4. The van der Waals surface area contributed by atoms with Crippen LogP contribution in [0.25, 0.3) is 5.65 Å². The van der Waals surface area contributed by atoms with Crippen LogP contribution in [0.15, 0.2) is 47.4 Å². The van der Waals surface area contributed by atoms with Crippen LogP contribution in [0.2, 0.25) is 0 Å². The van der Waals surface area contributed by atoms with Crippen LogP contribution < -0.4 is 5.56 Å². The molecule has 0 bridgehead atoms. The highest BCUT2D eigenvalue weighted by molar-refractivity contribution is 6.08. The van der Waals surface area contributed by atoms with Gasteiger partial charge in [0.25, 0.3) is 5.56 Å². The molecule has 2 fully saturated rings. The number of imide groups is 1. The number of hydrogen-bond donors (Lipinski definition) is 0. The second kappa shape index (κ2) is 8.55. The van der Waals surface area contributed by atoms with Crippen molar-refractivity contribution in [1.82, 2.24) is 24.1 Å². The summed E-state index contributed by atoms with van der Waals surface area (Å²) in [6.45, 7) is 4.44. The first kappa shape index (κ1) is 21.5. The van der Waals surface area contributed by atoms with Crippen LogP contribution in [0.1, 0.15) is 25.5 Å². The Hall–Kier alpha value is -3.33. The van der Waals surface area contributed by atoms with E-state index in [0.29, 0.717) is 56.9 Å². The Morgan fingerprint density at radius 3 is 2.36 bits per heavy atom. The maximum Gasteiger partial charge on any atom is 0.258 e. The van der Waals surface area contributed by atoms with Gasteiger partial charge in [0.1, 0.15) is 11.7 Å². The molecule has 9 nitrogen and oxygen atoms in total. The highest BCUT2D eigenvalue weighted by atomic mass is 16.2. The van der Waals surface area contributed by atoms with Crippen molar-refractivity contribution in [3.8, 4) is 0 Å². The smallest absolute Gasteiger partial charge is 0.258 e. The van der Waals surface area contributed by atoms with Crippen LogP contribution in [-0.4, -0.2) is 74.0 Å². The van der Waals surface area contributed by atoms with Crippen molar-refractivity contribution >= 4 is 23.4 Å². The van der Waals surface area contributed by atoms with Crippen LogP contribution in [0.4, 0.5) is 0 Å². The molecule has 0 spiro atoms. The van der Waals surface area contributed by atoms with Gasteiger partial charge in [0.05, 0.1) is 17.5 Å². The second-order valence-corrected chi connectivity index (χ2v) is 8.99. The van der Waals surface area contributed by atoms with Crippen molar-refractivity contribution in [3.63, 3.8) is 0 Å². The van der Waals surface area contributed by atoms with Crippen LogP contribution >= 0.6 is 0 Å². The zero-order valence-corrected chi connectivity index (χ0v) is 18.6. The normalized spacial score (nSPS) is 24.4. The third-order valence-electron chi connectivity index (χ3n) is 6.98. The van der Waals surface area contributed by atoms with Crippen molar-refractivity contribution in [1.29, 1.82) is 0 Å². The third kappa shape index (κ3) is 3.86. The summed E-state index contributed by atoms with van der Waals surface area (Å²) in [6.07, 6.45) is 6.72. The average molecular weight is 450 g/mol. The number of allylic oxidation sites excluding steroid dienone is 2. The summed E-state index contributed by atoms with van der Waals surface area (Å²) in [5.41, 5.74) is 1.19. The number of carbonyl (C=O) groups excluding carboxylic acids is 3. The molecule has 2 aliphatic heterocycles. The molecule has 5 rings (SSSR count). The highest BCUT2D eigenvalue weighted by Crippen LogP contribution is 2.36. The number of carbonyl (C=O) groups is 3. The third-order valence-corrected chi connectivity index (χ3v) is 6.98. The number of hydrogen-bond acceptors (Lipinski definition) is 6. The van der Waals surface area contributed by atoms with E-state index >= 15 is 0 Å². The topological polar surface area (TPSA) is 95.3 Å². The Morgan fingerprint density at radius 2 is 1.70 bits per heavy atom. The molecule has 3 aliphatic rings. The molecule has 0 radical (unpaired) electrons. The van der Waals surface area contributed by atoms with Gasteiger partial charge >= 0.3 is 0 Å². The number of nitrogens with zero attached hydrogens (tertiary/aromatic N) is 5. The van der Waals surface area contributed by atoms with Gasteiger partial charge in [-0.3, -0.25) is 33.4 Å². The van der Waals surface area contributed by atoms with Crippen molar-refractivity contribution in [3.05, 3.63) is 58.7 Å². The largest absolute Gasteiger partial charge is 0.338 e. The molecule has 4 heterocycles. The van der Waals surface area contributed by atoms with E-state index in [-0.39, 0.29) is 35.1 Å². The van der Waals surface area contributed by atoms with Crippen LogP contribution in [-0.2, 0) is 20.9 Å². The van der Waals surface area contributed by atoms with Crippen molar-refractivity contribution in [2.45, 2.75) is 32.4 Å². The Morgan fingerprint density at radius 1 is 1.03 bits per heavy atom. The van der Waals surface area contributed by atoms with E-state index in [1.54, 1.807) is 36.2 Å². The fraction of sp³-hybridized carbons (Fsp3) is 0.458. The summed E-state index contributed by atoms with van der Waals surface area (Å²) in [6, 6.07) is 6.20. The number of piperazine rings is 1. The van der Waals surface area contributed by atoms with E-state index in [2.05, 4.69) is 9.88 Å². The molecular weight excluding hydrogens is 422 g/mol. The minimum Gasteiger partial charge on any atom is -0.338 e. The lowest BCUT2D eigenvalue weighted by atomic mass is 9.85. The maximum atomic E-state index is 13.1. The van der Waals surface area contributed by atoms with Crippen LogP contribution in [0, 0.1) is 11.8 Å². The summed E-state index contributed by atoms with van der Waals surface area (Å²) in [7, 11) is 0. The number of likely N-dealkylation sites (tertiary alicyclic amines) is 1. The molecule has 0 N–H and O–H groups in total. The van der Waals surface area contributed by atoms with Gasteiger partial charge in [-0.05, 0) is 31.9 Å². The van der Waals surface area contributed by atoms with Gasteiger partial charge in [-0.2, -0.15) is 0 Å². The molecule has 0 saturated carbocycles. The van der Waals surface area contributed by atoms with Crippen molar-refractivity contribution in [2.75, 3.05) is 26.2 Å². The molecule has 0 aromatic carbocycles. The molecule has 0 unspecified atom stereocenters. The van der Waals surface area contributed by atoms with Gasteiger partial charge in [0.2, 0.25) is 17.7 Å². The Balaban J connectivity index is 1.20. The predicted octanol–water partition coefficient (Wildman–Crippen LogP) is 0.678.